The van der Waals surface area contributed by atoms with Gasteiger partial charge in [-0.2, -0.15) is 0 Å². The van der Waals surface area contributed by atoms with Gasteiger partial charge in [0.1, 0.15) is 17.5 Å². The number of hydrogen-bond donors (Lipinski definition) is 2. The Morgan fingerprint density at radius 3 is 2.74 bits per heavy atom. The van der Waals surface area contributed by atoms with Crippen molar-refractivity contribution in [3.05, 3.63) is 52.7 Å². The molecule has 98 valence electrons. The number of nitrogens with zero attached hydrogens (tertiary/aromatic N) is 1. The van der Waals surface area contributed by atoms with Crippen molar-refractivity contribution >= 4 is 29.0 Å². The summed E-state index contributed by atoms with van der Waals surface area (Å²) < 4.78 is 26.2. The quantitative estimate of drug-likeness (QED) is 0.890. The van der Waals surface area contributed by atoms with Gasteiger partial charge in [0.05, 0.1) is 16.8 Å². The Hall–Kier alpha value is -2.21. The van der Waals surface area contributed by atoms with Gasteiger partial charge >= 0.3 is 0 Å². The average Bonchev–Trinajstić information content (AvgIpc) is 2.36. The molecule has 0 unspecified atom stereocenters. The summed E-state index contributed by atoms with van der Waals surface area (Å²) in [5.41, 5.74) is 5.51. The first-order valence-corrected chi connectivity index (χ1v) is 5.52. The number of benzene rings is 1. The minimum Gasteiger partial charge on any atom is -0.383 e. The highest BCUT2D eigenvalue weighted by atomic mass is 35.5. The zero-order chi connectivity index (χ0) is 14.0. The predicted molar refractivity (Wildman–Crippen MR) is 68.0 cm³/mol. The number of rotatable bonds is 2. The van der Waals surface area contributed by atoms with E-state index in [0.29, 0.717) is 0 Å². The van der Waals surface area contributed by atoms with Gasteiger partial charge in [-0.1, -0.05) is 11.6 Å². The molecule has 2 rings (SSSR count). The lowest BCUT2D eigenvalue weighted by atomic mass is 10.2. The summed E-state index contributed by atoms with van der Waals surface area (Å²) in [5, 5.41) is 2.31. The van der Waals surface area contributed by atoms with Gasteiger partial charge in [-0.15, -0.1) is 0 Å². The number of carbonyl (C=O) groups excluding carboxylic acids is 1. The molecule has 0 radical (unpaired) electrons. The first kappa shape index (κ1) is 13.2. The number of anilines is 2. The second-order valence-corrected chi connectivity index (χ2v) is 4.08. The van der Waals surface area contributed by atoms with Gasteiger partial charge < -0.3 is 11.1 Å². The van der Waals surface area contributed by atoms with E-state index in [1.165, 1.54) is 12.1 Å². The molecule has 1 aromatic heterocycles. The molecule has 1 amide bonds. The molecule has 2 aromatic rings. The SMILES string of the molecule is Nc1ncc(F)cc1C(=O)Nc1ccc(Cl)c(F)c1. The van der Waals surface area contributed by atoms with Crippen molar-refractivity contribution in [2.24, 2.45) is 0 Å². The number of amides is 1. The maximum atomic E-state index is 13.2. The van der Waals surface area contributed by atoms with E-state index in [4.69, 9.17) is 17.3 Å². The fourth-order valence-electron chi connectivity index (χ4n) is 1.40. The van der Waals surface area contributed by atoms with Gasteiger partial charge in [0, 0.05) is 5.69 Å². The normalized spacial score (nSPS) is 10.3. The van der Waals surface area contributed by atoms with Crippen molar-refractivity contribution in [3.63, 3.8) is 0 Å². The molecule has 0 fully saturated rings. The van der Waals surface area contributed by atoms with Gasteiger partial charge in [0.15, 0.2) is 0 Å². The molecular weight excluding hydrogens is 276 g/mol. The maximum Gasteiger partial charge on any atom is 0.259 e. The van der Waals surface area contributed by atoms with E-state index in [1.807, 2.05) is 0 Å². The second kappa shape index (κ2) is 5.19. The van der Waals surface area contributed by atoms with Crippen LogP contribution in [0.25, 0.3) is 0 Å². The van der Waals surface area contributed by atoms with Crippen molar-refractivity contribution in [2.75, 3.05) is 11.1 Å². The molecule has 1 heterocycles. The minimum absolute atomic E-state index is 0.0649. The highest BCUT2D eigenvalue weighted by Gasteiger charge is 2.13. The summed E-state index contributed by atoms with van der Waals surface area (Å²) in [5.74, 6) is -2.17. The number of nitrogens with two attached hydrogens (primary N) is 1. The van der Waals surface area contributed by atoms with E-state index < -0.39 is 17.5 Å². The summed E-state index contributed by atoms with van der Waals surface area (Å²) >= 11 is 5.51. The Morgan fingerprint density at radius 1 is 1.32 bits per heavy atom. The Morgan fingerprint density at radius 2 is 2.05 bits per heavy atom. The van der Waals surface area contributed by atoms with Crippen LogP contribution in [-0.4, -0.2) is 10.9 Å². The number of halogens is 3. The molecule has 0 saturated carbocycles. The van der Waals surface area contributed by atoms with E-state index in [1.54, 1.807) is 0 Å². The van der Waals surface area contributed by atoms with Crippen LogP contribution in [0.4, 0.5) is 20.3 Å². The van der Waals surface area contributed by atoms with Crippen molar-refractivity contribution in [1.29, 1.82) is 0 Å². The smallest absolute Gasteiger partial charge is 0.259 e. The summed E-state index contributed by atoms with van der Waals surface area (Å²) in [6.45, 7) is 0. The molecule has 0 aliphatic rings. The molecule has 1 aromatic carbocycles. The molecule has 0 aliphatic carbocycles. The van der Waals surface area contributed by atoms with Gasteiger partial charge in [-0.05, 0) is 24.3 Å². The third-order valence-electron chi connectivity index (χ3n) is 2.31. The first-order chi connectivity index (χ1) is 8.97. The number of hydrogen-bond acceptors (Lipinski definition) is 3. The van der Waals surface area contributed by atoms with Crippen LogP contribution in [0.15, 0.2) is 30.5 Å². The Balaban J connectivity index is 2.25. The van der Waals surface area contributed by atoms with Crippen LogP contribution in [0.2, 0.25) is 5.02 Å². The molecule has 19 heavy (non-hydrogen) atoms. The third-order valence-corrected chi connectivity index (χ3v) is 2.61. The Labute approximate surface area is 112 Å². The summed E-state index contributed by atoms with van der Waals surface area (Å²) in [4.78, 5) is 15.3. The molecule has 0 spiro atoms. The number of aromatic nitrogens is 1. The van der Waals surface area contributed by atoms with Gasteiger partial charge in [-0.3, -0.25) is 4.79 Å². The van der Waals surface area contributed by atoms with Crippen LogP contribution >= 0.6 is 11.6 Å². The zero-order valence-electron chi connectivity index (χ0n) is 9.45. The van der Waals surface area contributed by atoms with E-state index >= 15 is 0 Å². The predicted octanol–water partition coefficient (Wildman–Crippen LogP) is 2.85. The van der Waals surface area contributed by atoms with Crippen LogP contribution in [0.1, 0.15) is 10.4 Å². The summed E-state index contributed by atoms with van der Waals surface area (Å²) in [6.07, 6.45) is 0.897. The van der Waals surface area contributed by atoms with Crippen LogP contribution < -0.4 is 11.1 Å². The van der Waals surface area contributed by atoms with Crippen LogP contribution in [0.5, 0.6) is 0 Å². The van der Waals surface area contributed by atoms with Crippen LogP contribution in [0.3, 0.4) is 0 Å². The zero-order valence-corrected chi connectivity index (χ0v) is 10.2. The van der Waals surface area contributed by atoms with E-state index in [2.05, 4.69) is 10.3 Å². The molecule has 0 atom stereocenters. The lowest BCUT2D eigenvalue weighted by molar-refractivity contribution is 0.102. The third kappa shape index (κ3) is 2.97. The number of nitrogens with one attached hydrogen (secondary N) is 1. The van der Waals surface area contributed by atoms with E-state index in [0.717, 1.165) is 18.3 Å². The van der Waals surface area contributed by atoms with E-state index in [9.17, 15) is 13.6 Å². The van der Waals surface area contributed by atoms with Crippen molar-refractivity contribution in [1.82, 2.24) is 4.98 Å². The number of carbonyl (C=O) groups is 1. The van der Waals surface area contributed by atoms with Gasteiger partial charge in [0.25, 0.3) is 5.91 Å². The monoisotopic (exact) mass is 283 g/mol. The number of pyridine rings is 1. The largest absolute Gasteiger partial charge is 0.383 e. The molecule has 0 aliphatic heterocycles. The van der Waals surface area contributed by atoms with Gasteiger partial charge in [0.2, 0.25) is 0 Å². The molecule has 0 bridgehead atoms. The summed E-state index contributed by atoms with van der Waals surface area (Å²) in [6, 6.07) is 4.69. The number of nitrogen functional groups attached to an aromatic ring is 1. The highest BCUT2D eigenvalue weighted by Crippen LogP contribution is 2.20. The average molecular weight is 284 g/mol. The van der Waals surface area contributed by atoms with Crippen LogP contribution in [-0.2, 0) is 0 Å². The Bertz CT molecular complexity index is 649. The molecule has 7 heteroatoms. The first-order valence-electron chi connectivity index (χ1n) is 5.15. The van der Waals surface area contributed by atoms with Crippen LogP contribution in [0, 0.1) is 11.6 Å². The van der Waals surface area contributed by atoms with Crippen molar-refractivity contribution in [3.8, 4) is 0 Å². The minimum atomic E-state index is -0.693. The lowest BCUT2D eigenvalue weighted by Gasteiger charge is -2.07. The summed E-state index contributed by atoms with van der Waals surface area (Å²) in [7, 11) is 0. The second-order valence-electron chi connectivity index (χ2n) is 3.67. The topological polar surface area (TPSA) is 68.0 Å². The van der Waals surface area contributed by atoms with E-state index in [-0.39, 0.29) is 22.1 Å². The van der Waals surface area contributed by atoms with Gasteiger partial charge in [-0.25, -0.2) is 13.8 Å². The molecular formula is C12H8ClF2N3O. The standard InChI is InChI=1S/C12H8ClF2N3O/c13-9-2-1-7(4-10(9)15)18-12(19)8-3-6(14)5-17-11(8)16/h1-5H,(H2,16,17)(H,18,19). The molecule has 0 saturated heterocycles. The fraction of sp³-hybridized carbons (Fsp3) is 0. The van der Waals surface area contributed by atoms with Crippen molar-refractivity contribution in [2.45, 2.75) is 0 Å². The fourth-order valence-corrected chi connectivity index (χ4v) is 1.52. The lowest BCUT2D eigenvalue weighted by Crippen LogP contribution is -2.15. The highest BCUT2D eigenvalue weighted by molar-refractivity contribution is 6.30. The van der Waals surface area contributed by atoms with Crippen molar-refractivity contribution < 1.29 is 13.6 Å². The molecule has 3 N–H and O–H groups in total. The maximum absolute atomic E-state index is 13.2. The molecule has 4 nitrogen and oxygen atoms in total. The Kier molecular flexibility index (Phi) is 3.62.